The Hall–Kier alpha value is -2.52. The van der Waals surface area contributed by atoms with Crippen LogP contribution in [-0.4, -0.2) is 53.6 Å². The maximum absolute atomic E-state index is 12.5. The second-order valence-electron chi connectivity index (χ2n) is 4.70. The average Bonchev–Trinajstić information content (AvgIpc) is 2.93. The van der Waals surface area contributed by atoms with Gasteiger partial charge in [0.15, 0.2) is 0 Å². The number of carboxylic acid groups (broad SMARTS) is 1. The Morgan fingerprint density at radius 1 is 1.39 bits per heavy atom. The van der Waals surface area contributed by atoms with Crippen molar-refractivity contribution in [2.45, 2.75) is 0 Å². The van der Waals surface area contributed by atoms with Crippen LogP contribution in [0.4, 0.5) is 5.69 Å². The van der Waals surface area contributed by atoms with Gasteiger partial charge in [0, 0.05) is 35.9 Å². The number of carbonyl (C=O) groups is 2. The van der Waals surface area contributed by atoms with Gasteiger partial charge >= 0.3 is 5.97 Å². The van der Waals surface area contributed by atoms with Crippen molar-refractivity contribution in [1.82, 2.24) is 4.90 Å². The van der Waals surface area contributed by atoms with Crippen LogP contribution in [0.5, 0.6) is 0 Å². The quantitative estimate of drug-likeness (QED) is 0.610. The molecule has 0 saturated heterocycles. The number of nitro groups is 1. The lowest BCUT2D eigenvalue weighted by atomic mass is 10.2. The first-order chi connectivity index (χ1) is 10.9. The molecule has 0 saturated carbocycles. The monoisotopic (exact) mass is 338 g/mol. The van der Waals surface area contributed by atoms with E-state index in [0.29, 0.717) is 10.3 Å². The molecule has 0 unspecified atom stereocenters. The molecule has 0 aliphatic rings. The summed E-state index contributed by atoms with van der Waals surface area (Å²) in [6.07, 6.45) is 0. The smallest absolute Gasteiger partial charge is 0.323 e. The molecule has 9 heteroatoms. The average molecular weight is 338 g/mol. The van der Waals surface area contributed by atoms with Gasteiger partial charge in [-0.2, -0.15) is 0 Å². The Morgan fingerprint density at radius 2 is 2.13 bits per heavy atom. The van der Waals surface area contributed by atoms with Crippen LogP contribution in [0.2, 0.25) is 0 Å². The highest BCUT2D eigenvalue weighted by Gasteiger charge is 2.21. The molecule has 122 valence electrons. The van der Waals surface area contributed by atoms with E-state index >= 15 is 0 Å². The van der Waals surface area contributed by atoms with E-state index < -0.39 is 23.3 Å². The zero-order valence-corrected chi connectivity index (χ0v) is 13.0. The number of benzene rings is 1. The summed E-state index contributed by atoms with van der Waals surface area (Å²) in [4.78, 5) is 35.1. The highest BCUT2D eigenvalue weighted by atomic mass is 32.1. The summed E-state index contributed by atoms with van der Waals surface area (Å²) < 4.78 is 5.61. The molecule has 1 aromatic carbocycles. The normalized spacial score (nSPS) is 10.7. The van der Waals surface area contributed by atoms with Crippen LogP contribution in [-0.2, 0) is 9.53 Å². The van der Waals surface area contributed by atoms with Crippen molar-refractivity contribution in [3.63, 3.8) is 0 Å². The predicted molar refractivity (Wildman–Crippen MR) is 83.9 cm³/mol. The van der Waals surface area contributed by atoms with Gasteiger partial charge in [0.25, 0.3) is 11.6 Å². The van der Waals surface area contributed by atoms with E-state index in [4.69, 9.17) is 9.84 Å². The lowest BCUT2D eigenvalue weighted by Crippen LogP contribution is -2.37. The first kappa shape index (κ1) is 16.8. The fourth-order valence-electron chi connectivity index (χ4n) is 2.02. The SMILES string of the molecule is COCCN(CC(=O)O)C(=O)c1cc2cc([N+](=O)[O-])ccc2s1. The molecule has 2 aromatic rings. The number of aliphatic carboxylic acids is 1. The van der Waals surface area contributed by atoms with Gasteiger partial charge in [0.1, 0.15) is 6.54 Å². The Labute approximate surface area is 135 Å². The first-order valence-corrected chi connectivity index (χ1v) is 7.42. The summed E-state index contributed by atoms with van der Waals surface area (Å²) in [5, 5.41) is 20.3. The Balaban J connectivity index is 2.30. The topological polar surface area (TPSA) is 110 Å². The summed E-state index contributed by atoms with van der Waals surface area (Å²) in [5.41, 5.74) is -0.0592. The van der Waals surface area contributed by atoms with E-state index in [2.05, 4.69) is 0 Å². The molecule has 0 atom stereocenters. The molecule has 0 fully saturated rings. The van der Waals surface area contributed by atoms with E-state index in [1.807, 2.05) is 0 Å². The molecule has 0 spiro atoms. The van der Waals surface area contributed by atoms with Gasteiger partial charge < -0.3 is 14.7 Å². The van der Waals surface area contributed by atoms with Gasteiger partial charge in [-0.05, 0) is 12.1 Å². The minimum Gasteiger partial charge on any atom is -0.480 e. The largest absolute Gasteiger partial charge is 0.480 e. The molecular formula is C14H14N2O6S. The van der Waals surface area contributed by atoms with E-state index in [-0.39, 0.29) is 18.8 Å². The number of carboxylic acids is 1. The Bertz CT molecular complexity index is 757. The number of methoxy groups -OCH3 is 1. The fourth-order valence-corrected chi connectivity index (χ4v) is 3.03. The molecule has 2 rings (SSSR count). The second kappa shape index (κ2) is 7.16. The number of thiophene rings is 1. The summed E-state index contributed by atoms with van der Waals surface area (Å²) in [6.45, 7) is -0.0675. The van der Waals surface area contributed by atoms with Crippen molar-refractivity contribution < 1.29 is 24.4 Å². The van der Waals surface area contributed by atoms with Crippen molar-refractivity contribution in [2.75, 3.05) is 26.8 Å². The highest BCUT2D eigenvalue weighted by molar-refractivity contribution is 7.20. The van der Waals surface area contributed by atoms with Crippen molar-refractivity contribution >= 4 is 39.0 Å². The fraction of sp³-hybridized carbons (Fsp3) is 0.286. The number of carbonyl (C=O) groups excluding carboxylic acids is 1. The van der Waals surface area contributed by atoms with Gasteiger partial charge in [0.2, 0.25) is 0 Å². The van der Waals surface area contributed by atoms with Crippen molar-refractivity contribution in [3.05, 3.63) is 39.3 Å². The van der Waals surface area contributed by atoms with Gasteiger partial charge in [-0.25, -0.2) is 0 Å². The van der Waals surface area contributed by atoms with E-state index in [0.717, 1.165) is 4.70 Å². The minimum atomic E-state index is -1.12. The summed E-state index contributed by atoms with van der Waals surface area (Å²) in [5.74, 6) is -1.56. The van der Waals surface area contributed by atoms with E-state index in [9.17, 15) is 19.7 Å². The number of ether oxygens (including phenoxy) is 1. The number of nitro benzene ring substituents is 1. The summed E-state index contributed by atoms with van der Waals surface area (Å²) >= 11 is 1.17. The molecule has 0 aliphatic heterocycles. The molecular weight excluding hydrogens is 324 g/mol. The number of hydrogen-bond acceptors (Lipinski definition) is 6. The standard InChI is InChI=1S/C14H14N2O6S/c1-22-5-4-15(8-13(17)18)14(19)12-7-9-6-10(16(20)21)2-3-11(9)23-12/h2-3,6-7H,4-5,8H2,1H3,(H,17,18). The number of non-ortho nitro benzene ring substituents is 1. The minimum absolute atomic E-state index is 0.0592. The molecule has 1 aromatic heterocycles. The zero-order chi connectivity index (χ0) is 17.0. The molecule has 0 aliphatic carbocycles. The molecule has 1 heterocycles. The van der Waals surface area contributed by atoms with Gasteiger partial charge in [0.05, 0.1) is 16.4 Å². The lowest BCUT2D eigenvalue weighted by molar-refractivity contribution is -0.384. The number of amides is 1. The molecule has 23 heavy (non-hydrogen) atoms. The first-order valence-electron chi connectivity index (χ1n) is 6.60. The third-order valence-electron chi connectivity index (χ3n) is 3.10. The molecule has 8 nitrogen and oxygen atoms in total. The third kappa shape index (κ3) is 4.02. The predicted octanol–water partition coefficient (Wildman–Crippen LogP) is 1.98. The van der Waals surface area contributed by atoms with Crippen molar-refractivity contribution in [3.8, 4) is 0 Å². The summed E-state index contributed by atoms with van der Waals surface area (Å²) in [6, 6.07) is 5.87. The van der Waals surface area contributed by atoms with Gasteiger partial charge in [-0.1, -0.05) is 0 Å². The second-order valence-corrected chi connectivity index (χ2v) is 5.79. The van der Waals surface area contributed by atoms with Crippen LogP contribution in [0.3, 0.4) is 0 Å². The number of rotatable bonds is 7. The van der Waals surface area contributed by atoms with Gasteiger partial charge in [-0.3, -0.25) is 19.7 Å². The Morgan fingerprint density at radius 3 is 2.74 bits per heavy atom. The van der Waals surface area contributed by atoms with Crippen LogP contribution < -0.4 is 0 Å². The zero-order valence-electron chi connectivity index (χ0n) is 12.2. The van der Waals surface area contributed by atoms with E-state index in [1.165, 1.54) is 41.5 Å². The van der Waals surface area contributed by atoms with Crippen LogP contribution >= 0.6 is 11.3 Å². The highest BCUT2D eigenvalue weighted by Crippen LogP contribution is 2.29. The molecule has 1 N–H and O–H groups in total. The van der Waals surface area contributed by atoms with Crippen LogP contribution in [0, 0.1) is 10.1 Å². The Kier molecular flexibility index (Phi) is 5.24. The molecule has 0 radical (unpaired) electrons. The number of nitrogens with zero attached hydrogens (tertiary/aromatic N) is 2. The molecule has 1 amide bonds. The number of hydrogen-bond donors (Lipinski definition) is 1. The van der Waals surface area contributed by atoms with Crippen molar-refractivity contribution in [2.24, 2.45) is 0 Å². The maximum Gasteiger partial charge on any atom is 0.323 e. The molecule has 0 bridgehead atoms. The van der Waals surface area contributed by atoms with Crippen LogP contribution in [0.25, 0.3) is 10.1 Å². The summed E-state index contributed by atoms with van der Waals surface area (Å²) in [7, 11) is 1.46. The van der Waals surface area contributed by atoms with Crippen molar-refractivity contribution in [1.29, 1.82) is 0 Å². The van der Waals surface area contributed by atoms with Crippen LogP contribution in [0.1, 0.15) is 9.67 Å². The lowest BCUT2D eigenvalue weighted by Gasteiger charge is -2.19. The number of fused-ring (bicyclic) bond motifs is 1. The van der Waals surface area contributed by atoms with Crippen LogP contribution in [0.15, 0.2) is 24.3 Å². The third-order valence-corrected chi connectivity index (χ3v) is 4.20. The van der Waals surface area contributed by atoms with Gasteiger partial charge in [-0.15, -0.1) is 11.3 Å². The van der Waals surface area contributed by atoms with E-state index in [1.54, 1.807) is 6.07 Å². The maximum atomic E-state index is 12.5.